The fourth-order valence-corrected chi connectivity index (χ4v) is 4.42. The number of methoxy groups -OCH3 is 1. The molecule has 0 spiro atoms. The van der Waals surface area contributed by atoms with E-state index in [1.54, 1.807) is 31.2 Å². The van der Waals surface area contributed by atoms with Crippen molar-refractivity contribution in [3.8, 4) is 11.5 Å². The zero-order valence-electron chi connectivity index (χ0n) is 19.4. The fraction of sp³-hybridized carbons (Fsp3) is 0.360. The van der Waals surface area contributed by atoms with Crippen molar-refractivity contribution in [1.29, 1.82) is 0 Å². The summed E-state index contributed by atoms with van der Waals surface area (Å²) in [5.74, 6) is -3.98. The molecule has 2 aromatic carbocycles. The molecular formula is C25H27ClN2O7. The predicted molar refractivity (Wildman–Crippen MR) is 128 cm³/mol. The number of carbonyl (C=O) groups is 4. The first-order chi connectivity index (χ1) is 16.7. The van der Waals surface area contributed by atoms with E-state index in [0.29, 0.717) is 28.3 Å². The lowest BCUT2D eigenvalue weighted by Crippen LogP contribution is -2.43. The van der Waals surface area contributed by atoms with E-state index in [1.807, 2.05) is 0 Å². The number of carboxylic acids is 1. The zero-order valence-corrected chi connectivity index (χ0v) is 20.2. The summed E-state index contributed by atoms with van der Waals surface area (Å²) in [5, 5.41) is 22.9. The smallest absolute Gasteiger partial charge is 0.339 e. The van der Waals surface area contributed by atoms with Gasteiger partial charge < -0.3 is 20.3 Å². The fourth-order valence-electron chi connectivity index (χ4n) is 4.22. The quantitative estimate of drug-likeness (QED) is 0.505. The van der Waals surface area contributed by atoms with E-state index in [4.69, 9.17) is 16.3 Å². The highest BCUT2D eigenvalue weighted by molar-refractivity contribution is 6.30. The Labute approximate surface area is 207 Å². The van der Waals surface area contributed by atoms with E-state index in [9.17, 15) is 29.4 Å². The number of para-hydroxylation sites is 1. The molecule has 1 fully saturated rings. The van der Waals surface area contributed by atoms with Crippen LogP contribution in [-0.4, -0.2) is 59.0 Å². The molecule has 1 aliphatic heterocycles. The van der Waals surface area contributed by atoms with Crippen LogP contribution >= 0.6 is 11.6 Å². The number of hydrogen-bond acceptors (Lipinski definition) is 6. The number of nitrogens with one attached hydrogen (secondary N) is 1. The molecule has 1 aliphatic rings. The SMILES string of the molecule is CC[C@@H](CC(=O)N1CC(=O)NC[C@@H](Cc2cc(Cl)ccc2OC)C1=O)c1cccc(C(=O)O)c1O. The molecule has 0 bridgehead atoms. The third-order valence-corrected chi connectivity index (χ3v) is 6.36. The summed E-state index contributed by atoms with van der Waals surface area (Å²) in [6, 6.07) is 9.34. The van der Waals surface area contributed by atoms with Gasteiger partial charge in [-0.2, -0.15) is 0 Å². The number of carbonyl (C=O) groups excluding carboxylic acids is 3. The number of ether oxygens (including phenoxy) is 1. The summed E-state index contributed by atoms with van der Waals surface area (Å²) in [6.45, 7) is 1.42. The number of benzene rings is 2. The Morgan fingerprint density at radius 1 is 1.26 bits per heavy atom. The minimum Gasteiger partial charge on any atom is -0.507 e. The van der Waals surface area contributed by atoms with Crippen molar-refractivity contribution in [3.05, 3.63) is 58.1 Å². The molecule has 0 aromatic heterocycles. The number of aromatic hydroxyl groups is 1. The zero-order chi connectivity index (χ0) is 25.7. The average molecular weight is 503 g/mol. The number of carboxylic acid groups (broad SMARTS) is 1. The second-order valence-corrected chi connectivity index (χ2v) is 8.77. The van der Waals surface area contributed by atoms with E-state index < -0.39 is 47.8 Å². The Balaban J connectivity index is 1.84. The van der Waals surface area contributed by atoms with Crippen LogP contribution in [0.3, 0.4) is 0 Å². The second-order valence-electron chi connectivity index (χ2n) is 8.34. The van der Waals surface area contributed by atoms with Crippen LogP contribution in [0.4, 0.5) is 0 Å². The van der Waals surface area contributed by atoms with Gasteiger partial charge in [0.2, 0.25) is 17.7 Å². The van der Waals surface area contributed by atoms with Crippen molar-refractivity contribution in [2.24, 2.45) is 5.92 Å². The van der Waals surface area contributed by atoms with Gasteiger partial charge in [-0.3, -0.25) is 19.3 Å². The standard InChI is InChI=1S/C25H27ClN2O7/c1-3-14(18-5-4-6-19(23(18)31)25(33)34)11-22(30)28-13-21(29)27-12-16(24(28)32)9-15-10-17(26)7-8-20(15)35-2/h4-8,10,14,16,31H,3,9,11-13H2,1-2H3,(H,27,29)(H,33,34)/t14-,16+/m0/s1. The van der Waals surface area contributed by atoms with Crippen molar-refractivity contribution in [2.75, 3.05) is 20.2 Å². The van der Waals surface area contributed by atoms with Gasteiger partial charge in [0.05, 0.1) is 13.0 Å². The molecule has 3 amide bonds. The number of imide groups is 1. The molecule has 3 N–H and O–H groups in total. The molecule has 0 unspecified atom stereocenters. The van der Waals surface area contributed by atoms with Crippen LogP contribution < -0.4 is 10.1 Å². The molecule has 0 radical (unpaired) electrons. The third kappa shape index (κ3) is 5.92. The molecule has 0 aliphatic carbocycles. The summed E-state index contributed by atoms with van der Waals surface area (Å²) >= 11 is 6.11. The molecule has 10 heteroatoms. The molecule has 3 rings (SSSR count). The van der Waals surface area contributed by atoms with Gasteiger partial charge in [0, 0.05) is 18.0 Å². The molecule has 35 heavy (non-hydrogen) atoms. The number of phenols is 1. The van der Waals surface area contributed by atoms with E-state index in [-0.39, 0.29) is 24.9 Å². The molecule has 186 valence electrons. The Morgan fingerprint density at radius 3 is 2.66 bits per heavy atom. The lowest BCUT2D eigenvalue weighted by atomic mass is 9.90. The molecular weight excluding hydrogens is 476 g/mol. The van der Waals surface area contributed by atoms with Gasteiger partial charge in [-0.15, -0.1) is 0 Å². The van der Waals surface area contributed by atoms with E-state index in [2.05, 4.69) is 5.32 Å². The number of hydrogen-bond donors (Lipinski definition) is 3. The number of rotatable bonds is 8. The summed E-state index contributed by atoms with van der Waals surface area (Å²) in [5.41, 5.74) is 0.700. The molecule has 1 heterocycles. The Hall–Kier alpha value is -3.59. The normalized spacial score (nSPS) is 16.9. The first-order valence-corrected chi connectivity index (χ1v) is 11.5. The topological polar surface area (TPSA) is 133 Å². The minimum atomic E-state index is -1.29. The van der Waals surface area contributed by atoms with Gasteiger partial charge in [0.25, 0.3) is 0 Å². The molecule has 0 saturated carbocycles. The van der Waals surface area contributed by atoms with Gasteiger partial charge in [-0.1, -0.05) is 30.7 Å². The van der Waals surface area contributed by atoms with Crippen molar-refractivity contribution in [1.82, 2.24) is 10.2 Å². The van der Waals surface area contributed by atoms with Crippen molar-refractivity contribution in [3.63, 3.8) is 0 Å². The summed E-state index contributed by atoms with van der Waals surface area (Å²) in [4.78, 5) is 51.2. The molecule has 2 aromatic rings. The monoisotopic (exact) mass is 502 g/mol. The van der Waals surface area contributed by atoms with Crippen LogP contribution in [0.1, 0.15) is 47.2 Å². The average Bonchev–Trinajstić information content (AvgIpc) is 2.96. The first-order valence-electron chi connectivity index (χ1n) is 11.1. The highest BCUT2D eigenvalue weighted by Gasteiger charge is 2.35. The van der Waals surface area contributed by atoms with Crippen LogP contribution in [0.5, 0.6) is 11.5 Å². The largest absolute Gasteiger partial charge is 0.507 e. The second kappa shape index (κ2) is 11.2. The molecule has 1 saturated heterocycles. The maximum Gasteiger partial charge on any atom is 0.339 e. The van der Waals surface area contributed by atoms with Crippen LogP contribution in [0.25, 0.3) is 0 Å². The van der Waals surface area contributed by atoms with E-state index in [0.717, 1.165) is 4.90 Å². The van der Waals surface area contributed by atoms with Crippen molar-refractivity contribution < 1.29 is 34.1 Å². The number of amides is 3. The maximum atomic E-state index is 13.4. The molecule has 2 atom stereocenters. The third-order valence-electron chi connectivity index (χ3n) is 6.12. The summed E-state index contributed by atoms with van der Waals surface area (Å²) in [6.07, 6.45) is 0.421. The highest BCUT2D eigenvalue weighted by atomic mass is 35.5. The summed E-state index contributed by atoms with van der Waals surface area (Å²) in [7, 11) is 1.50. The Morgan fingerprint density at radius 2 is 2.00 bits per heavy atom. The van der Waals surface area contributed by atoms with Crippen molar-refractivity contribution >= 4 is 35.3 Å². The van der Waals surface area contributed by atoms with Gasteiger partial charge in [0.1, 0.15) is 23.6 Å². The van der Waals surface area contributed by atoms with E-state index in [1.165, 1.54) is 19.2 Å². The van der Waals surface area contributed by atoms with Crippen LogP contribution in [-0.2, 0) is 20.8 Å². The Kier molecular flexibility index (Phi) is 8.34. The number of aromatic carboxylic acids is 1. The number of halogens is 1. The minimum absolute atomic E-state index is 0.0514. The Bertz CT molecular complexity index is 1150. The lowest BCUT2D eigenvalue weighted by molar-refractivity contribution is -0.148. The first kappa shape index (κ1) is 26.0. The highest BCUT2D eigenvalue weighted by Crippen LogP contribution is 2.34. The molecule has 9 nitrogen and oxygen atoms in total. The van der Waals surface area contributed by atoms with Crippen LogP contribution in [0.2, 0.25) is 5.02 Å². The number of nitrogens with zero attached hydrogens (tertiary/aromatic N) is 1. The van der Waals surface area contributed by atoms with Gasteiger partial charge in [-0.25, -0.2) is 4.79 Å². The maximum absolute atomic E-state index is 13.4. The van der Waals surface area contributed by atoms with Gasteiger partial charge in [-0.05, 0) is 54.2 Å². The predicted octanol–water partition coefficient (Wildman–Crippen LogP) is 2.98. The van der Waals surface area contributed by atoms with Gasteiger partial charge >= 0.3 is 5.97 Å². The lowest BCUT2D eigenvalue weighted by Gasteiger charge is -2.24. The van der Waals surface area contributed by atoms with Crippen molar-refractivity contribution in [2.45, 2.75) is 32.1 Å². The van der Waals surface area contributed by atoms with Crippen LogP contribution in [0, 0.1) is 5.92 Å². The van der Waals surface area contributed by atoms with Crippen LogP contribution in [0.15, 0.2) is 36.4 Å². The summed E-state index contributed by atoms with van der Waals surface area (Å²) < 4.78 is 5.35. The van der Waals surface area contributed by atoms with E-state index >= 15 is 0 Å². The van der Waals surface area contributed by atoms with Gasteiger partial charge in [0.15, 0.2) is 0 Å².